The summed E-state index contributed by atoms with van der Waals surface area (Å²) < 4.78 is 3.96. The molecular weight excluding hydrogens is 351 g/mol. The van der Waals surface area contributed by atoms with Crippen LogP contribution in [-0.4, -0.2) is 27.6 Å². The Kier molecular flexibility index (Phi) is 12.0. The zero-order valence-electron chi connectivity index (χ0n) is 14.3. The number of aliphatic hydroxyl groups excluding tert-OH is 1. The van der Waals surface area contributed by atoms with E-state index in [0.717, 1.165) is 0 Å². The van der Waals surface area contributed by atoms with Gasteiger partial charge in [0.25, 0.3) is 0 Å². The molecule has 1 nitrogen and oxygen atoms in total. The van der Waals surface area contributed by atoms with Crippen LogP contribution in [0.1, 0.15) is 66.2 Å². The van der Waals surface area contributed by atoms with Gasteiger partial charge in [-0.3, -0.25) is 0 Å². The summed E-state index contributed by atoms with van der Waals surface area (Å²) in [5.41, 5.74) is 1.17. The van der Waals surface area contributed by atoms with Crippen molar-refractivity contribution in [1.82, 2.24) is 0 Å². The van der Waals surface area contributed by atoms with Gasteiger partial charge in [-0.05, 0) is 0 Å². The van der Waals surface area contributed by atoms with Gasteiger partial charge in [-0.2, -0.15) is 0 Å². The summed E-state index contributed by atoms with van der Waals surface area (Å²) in [6.07, 6.45) is 11.6. The van der Waals surface area contributed by atoms with E-state index in [1.807, 2.05) is 12.2 Å². The van der Waals surface area contributed by atoms with Gasteiger partial charge in [0.2, 0.25) is 0 Å². The maximum absolute atomic E-state index is 11.0. The topological polar surface area (TPSA) is 20.2 Å². The van der Waals surface area contributed by atoms with Crippen molar-refractivity contribution in [3.05, 3.63) is 24.3 Å². The molecule has 0 aromatic rings. The number of hydrogen-bond acceptors (Lipinski definition) is 1. The summed E-state index contributed by atoms with van der Waals surface area (Å²) in [6.45, 7) is 12.7. The molecule has 20 heavy (non-hydrogen) atoms. The molecule has 0 radical (unpaired) electrons. The molecule has 0 aliphatic rings. The molecule has 0 bridgehead atoms. The Hall–Kier alpha value is 0.239. The van der Waals surface area contributed by atoms with Gasteiger partial charge in [0.1, 0.15) is 0 Å². The van der Waals surface area contributed by atoms with Gasteiger partial charge >= 0.3 is 131 Å². The van der Waals surface area contributed by atoms with Crippen LogP contribution in [-0.2, 0) is 0 Å². The molecule has 1 N–H and O–H groups in total. The first-order valence-electron chi connectivity index (χ1n) is 8.55. The molecule has 0 aromatic carbocycles. The first-order chi connectivity index (χ1) is 9.57. The van der Waals surface area contributed by atoms with Crippen LogP contribution in [0.5, 0.6) is 0 Å². The zero-order chi connectivity index (χ0) is 15.4. The Morgan fingerprint density at radius 2 is 1.40 bits per heavy atom. The monoisotopic (exact) mass is 388 g/mol. The Morgan fingerprint density at radius 1 is 1.00 bits per heavy atom. The summed E-state index contributed by atoms with van der Waals surface area (Å²) >= 11 is -2.49. The first-order valence-corrected chi connectivity index (χ1v) is 16.3. The van der Waals surface area contributed by atoms with Gasteiger partial charge in [-0.1, -0.05) is 0 Å². The fourth-order valence-electron chi connectivity index (χ4n) is 3.13. The van der Waals surface area contributed by atoms with Crippen LogP contribution in [0.2, 0.25) is 13.3 Å². The Bertz CT molecular complexity index is 261. The number of unbranched alkanes of at least 4 members (excludes halogenated alkanes) is 3. The summed E-state index contributed by atoms with van der Waals surface area (Å²) in [6, 6.07) is 0. The zero-order valence-corrected chi connectivity index (χ0v) is 17.1. The van der Waals surface area contributed by atoms with Crippen molar-refractivity contribution in [2.45, 2.75) is 83.6 Å². The first kappa shape index (κ1) is 20.2. The average Bonchev–Trinajstić information content (AvgIpc) is 2.46. The van der Waals surface area contributed by atoms with E-state index in [0.29, 0.717) is 0 Å². The number of allylic oxidation sites excluding steroid dienone is 2. The summed E-state index contributed by atoms with van der Waals surface area (Å²) in [5, 5.41) is 11.0. The number of hydrogen-bond donors (Lipinski definition) is 1. The Labute approximate surface area is 131 Å². The van der Waals surface area contributed by atoms with Crippen LogP contribution in [0.25, 0.3) is 0 Å². The average molecular weight is 387 g/mol. The molecule has 118 valence electrons. The molecule has 0 aromatic heterocycles. The van der Waals surface area contributed by atoms with E-state index in [1.165, 1.54) is 57.4 Å². The summed E-state index contributed by atoms with van der Waals surface area (Å²) in [7, 11) is 0. The standard InChI is InChI=1S/C6H9O.3C4H9.Sn/c1-3-4-6(2)5-7;3*1-3-4-2;/h3-5,7H,1H2,2H3;3*1,3-4H2,2H3;/b6-4+;;;;. The normalized spacial score (nSPS) is 14.3. The van der Waals surface area contributed by atoms with Gasteiger partial charge in [0, 0.05) is 0 Å². The molecule has 0 heterocycles. The van der Waals surface area contributed by atoms with Crippen LogP contribution in [0.3, 0.4) is 0 Å². The minimum absolute atomic E-state index is 0.105. The van der Waals surface area contributed by atoms with Crippen molar-refractivity contribution in [3.8, 4) is 0 Å². The molecule has 0 aliphatic heterocycles. The van der Waals surface area contributed by atoms with Crippen molar-refractivity contribution in [1.29, 1.82) is 0 Å². The van der Waals surface area contributed by atoms with Crippen molar-refractivity contribution in [2.75, 3.05) is 0 Å². The van der Waals surface area contributed by atoms with E-state index in [-0.39, 0.29) is 4.12 Å². The molecule has 2 heteroatoms. The predicted octanol–water partition coefficient (Wildman–Crippen LogP) is 5.87. The third kappa shape index (κ3) is 6.80. The molecule has 0 spiro atoms. The van der Waals surface area contributed by atoms with E-state index in [9.17, 15) is 5.11 Å². The van der Waals surface area contributed by atoms with Gasteiger partial charge in [0.05, 0.1) is 0 Å². The second kappa shape index (κ2) is 11.9. The second-order valence-corrected chi connectivity index (χ2v) is 19.8. The van der Waals surface area contributed by atoms with Crippen LogP contribution in [0.4, 0.5) is 0 Å². The number of aliphatic hydroxyl groups is 1. The van der Waals surface area contributed by atoms with Gasteiger partial charge in [-0.15, -0.1) is 0 Å². The van der Waals surface area contributed by atoms with Crippen LogP contribution < -0.4 is 0 Å². The van der Waals surface area contributed by atoms with E-state index in [2.05, 4.69) is 34.3 Å². The van der Waals surface area contributed by atoms with Crippen molar-refractivity contribution in [2.24, 2.45) is 0 Å². The molecule has 1 atom stereocenters. The van der Waals surface area contributed by atoms with Gasteiger partial charge in [-0.25, -0.2) is 0 Å². The van der Waals surface area contributed by atoms with Crippen molar-refractivity contribution >= 4 is 18.4 Å². The molecule has 1 unspecified atom stereocenters. The Balaban J connectivity index is 5.19. The van der Waals surface area contributed by atoms with E-state index >= 15 is 0 Å². The van der Waals surface area contributed by atoms with Crippen molar-refractivity contribution < 1.29 is 5.11 Å². The fraction of sp³-hybridized carbons (Fsp3) is 0.778. The van der Waals surface area contributed by atoms with Gasteiger partial charge in [0.15, 0.2) is 0 Å². The Morgan fingerprint density at radius 3 is 1.70 bits per heavy atom. The molecule has 0 amide bonds. The molecule has 0 saturated heterocycles. The van der Waals surface area contributed by atoms with E-state index < -0.39 is 18.4 Å². The third-order valence-corrected chi connectivity index (χ3v) is 20.6. The quantitative estimate of drug-likeness (QED) is 0.328. The van der Waals surface area contributed by atoms with Crippen molar-refractivity contribution in [3.63, 3.8) is 0 Å². The maximum atomic E-state index is 11.0. The molecular formula is C18H36OSn. The SMILES string of the molecule is C=C/C=C(\C)[CH](O)[Sn]([CH2]CCC)([CH2]CCC)[CH2]CCC. The van der Waals surface area contributed by atoms with Gasteiger partial charge < -0.3 is 0 Å². The molecule has 0 saturated carbocycles. The second-order valence-electron chi connectivity index (χ2n) is 6.22. The predicted molar refractivity (Wildman–Crippen MR) is 94.9 cm³/mol. The molecule has 0 rings (SSSR count). The summed E-state index contributed by atoms with van der Waals surface area (Å²) in [4.78, 5) is 0. The molecule has 0 fully saturated rings. The van der Waals surface area contributed by atoms with Crippen LogP contribution in [0.15, 0.2) is 24.3 Å². The van der Waals surface area contributed by atoms with E-state index in [1.54, 1.807) is 0 Å². The summed E-state index contributed by atoms with van der Waals surface area (Å²) in [5.74, 6) is 0. The third-order valence-electron chi connectivity index (χ3n) is 4.48. The van der Waals surface area contributed by atoms with E-state index in [4.69, 9.17) is 0 Å². The minimum atomic E-state index is -2.49. The van der Waals surface area contributed by atoms with Crippen LogP contribution in [0, 0.1) is 0 Å². The van der Waals surface area contributed by atoms with Crippen LogP contribution >= 0.6 is 0 Å². The fourth-order valence-corrected chi connectivity index (χ4v) is 19.7. The molecule has 0 aliphatic carbocycles. The number of rotatable bonds is 12.